The van der Waals surface area contributed by atoms with E-state index < -0.39 is 12.6 Å². The second kappa shape index (κ2) is 13.4. The summed E-state index contributed by atoms with van der Waals surface area (Å²) in [5, 5.41) is 5.97. The molecule has 0 saturated carbocycles. The molecule has 0 N–H and O–H groups in total. The van der Waals surface area contributed by atoms with E-state index in [1.807, 2.05) is 60.7 Å². The van der Waals surface area contributed by atoms with Gasteiger partial charge in [-0.3, -0.25) is 4.40 Å². The number of pyridine rings is 1. The molecule has 2 heterocycles. The van der Waals surface area contributed by atoms with Crippen LogP contribution in [0.1, 0.15) is 22.3 Å². The molecule has 0 aliphatic heterocycles. The average molecular weight is 785 g/mol. The van der Waals surface area contributed by atoms with Gasteiger partial charge in [-0.25, -0.2) is 4.98 Å². The predicted octanol–water partition coefficient (Wildman–Crippen LogP) is 12.5. The molecule has 0 unspecified atom stereocenters. The molecule has 3 nitrogen and oxygen atoms in total. The van der Waals surface area contributed by atoms with Crippen LogP contribution in [0.15, 0.2) is 224 Å². The van der Waals surface area contributed by atoms with E-state index >= 15 is 4.57 Å². The SMILES string of the molecule is O=P(c1ccccc1)(c1ccccc1)c1ccc2c(c1)C(c1ccccc1)(c1ccccc1)c1cc(-c3ccc4c(c3)c3ccccc3c3nc5ccccc5n43)ccc1-2. The van der Waals surface area contributed by atoms with E-state index in [0.717, 1.165) is 65.8 Å². The van der Waals surface area contributed by atoms with Crippen LogP contribution < -0.4 is 15.9 Å². The Morgan fingerprint density at radius 1 is 0.400 bits per heavy atom. The van der Waals surface area contributed by atoms with E-state index in [0.29, 0.717) is 0 Å². The second-order valence-electron chi connectivity index (χ2n) is 15.8. The Hall–Kier alpha value is -7.32. The largest absolute Gasteiger partial charge is 0.309 e. The van der Waals surface area contributed by atoms with E-state index in [9.17, 15) is 0 Å². The minimum absolute atomic E-state index is 0.692. The molecular weight excluding hydrogens is 748 g/mol. The van der Waals surface area contributed by atoms with Crippen LogP contribution in [0.3, 0.4) is 0 Å². The predicted molar refractivity (Wildman–Crippen MR) is 250 cm³/mol. The highest BCUT2D eigenvalue weighted by Crippen LogP contribution is 2.58. The summed E-state index contributed by atoms with van der Waals surface area (Å²) in [6.45, 7) is 0. The Bertz CT molecular complexity index is 3420. The summed E-state index contributed by atoms with van der Waals surface area (Å²) in [5.41, 5.74) is 12.8. The summed E-state index contributed by atoms with van der Waals surface area (Å²) < 4.78 is 18.3. The number of imidazole rings is 1. The van der Waals surface area contributed by atoms with Crippen molar-refractivity contribution in [2.24, 2.45) is 0 Å². The van der Waals surface area contributed by atoms with Gasteiger partial charge in [0.15, 0.2) is 7.14 Å². The Balaban J connectivity index is 1.13. The molecule has 2 aromatic heterocycles. The molecular formula is C56H37N2OP. The molecule has 0 saturated heterocycles. The average Bonchev–Trinajstić information content (AvgIpc) is 3.86. The Morgan fingerprint density at radius 2 is 0.917 bits per heavy atom. The molecule has 0 amide bonds. The molecule has 282 valence electrons. The van der Waals surface area contributed by atoms with Gasteiger partial charge in [-0.15, -0.1) is 0 Å². The van der Waals surface area contributed by atoms with Gasteiger partial charge in [0.25, 0.3) is 0 Å². The van der Waals surface area contributed by atoms with Gasteiger partial charge in [0.1, 0.15) is 5.65 Å². The summed E-state index contributed by atoms with van der Waals surface area (Å²) in [4.78, 5) is 5.11. The van der Waals surface area contributed by atoms with Crippen molar-refractivity contribution in [2.75, 3.05) is 0 Å². The first-order valence-electron chi connectivity index (χ1n) is 20.5. The fraction of sp³-hybridized carbons (Fsp3) is 0.0179. The van der Waals surface area contributed by atoms with Crippen LogP contribution in [-0.2, 0) is 9.98 Å². The summed E-state index contributed by atoms with van der Waals surface area (Å²) in [6, 6.07) is 79.2. The van der Waals surface area contributed by atoms with Gasteiger partial charge in [-0.1, -0.05) is 188 Å². The molecule has 11 aromatic rings. The van der Waals surface area contributed by atoms with Crippen molar-refractivity contribution in [2.45, 2.75) is 5.41 Å². The molecule has 60 heavy (non-hydrogen) atoms. The lowest BCUT2D eigenvalue weighted by atomic mass is 9.67. The van der Waals surface area contributed by atoms with Gasteiger partial charge in [-0.05, 0) is 86.3 Å². The third kappa shape index (κ3) is 4.91. The number of benzene rings is 9. The molecule has 0 spiro atoms. The van der Waals surface area contributed by atoms with Crippen LogP contribution in [0.25, 0.3) is 60.6 Å². The maximum atomic E-state index is 15.9. The highest BCUT2D eigenvalue weighted by molar-refractivity contribution is 7.85. The number of fused-ring (bicyclic) bond motifs is 11. The number of hydrogen-bond acceptors (Lipinski definition) is 2. The molecule has 1 aliphatic rings. The topological polar surface area (TPSA) is 34.4 Å². The van der Waals surface area contributed by atoms with Crippen molar-refractivity contribution in [3.63, 3.8) is 0 Å². The standard InChI is InChI=1S/C56H37N2OP/c59-60(42-21-9-3-10-22-42,43-23-11-4-12-24-43)44-31-33-47-46-32-29-39(36-50(46)56(51(47)37-44,40-17-5-1-6-18-40)41-19-7-2-8-20-41)38-30-34-53-49(35-38)45-25-13-14-26-48(45)55-57-52-27-15-16-28-54(52)58(53)55/h1-37H. The molecule has 0 bridgehead atoms. The molecule has 12 rings (SSSR count). The lowest BCUT2D eigenvalue weighted by Crippen LogP contribution is -2.31. The van der Waals surface area contributed by atoms with E-state index in [4.69, 9.17) is 4.98 Å². The van der Waals surface area contributed by atoms with E-state index in [2.05, 4.69) is 168 Å². The first kappa shape index (κ1) is 34.7. The number of rotatable bonds is 6. The first-order chi connectivity index (χ1) is 29.6. The minimum Gasteiger partial charge on any atom is -0.309 e. The van der Waals surface area contributed by atoms with Gasteiger partial charge in [0.05, 0.1) is 22.0 Å². The molecule has 0 radical (unpaired) electrons. The van der Waals surface area contributed by atoms with Crippen LogP contribution in [0.2, 0.25) is 0 Å². The van der Waals surface area contributed by atoms with Crippen LogP contribution in [0, 0.1) is 0 Å². The van der Waals surface area contributed by atoms with E-state index in [-0.39, 0.29) is 0 Å². The molecule has 9 aromatic carbocycles. The molecule has 0 atom stereocenters. The normalized spacial score (nSPS) is 13.2. The van der Waals surface area contributed by atoms with Gasteiger partial charge in [0, 0.05) is 26.7 Å². The van der Waals surface area contributed by atoms with Gasteiger partial charge < -0.3 is 4.57 Å². The van der Waals surface area contributed by atoms with Gasteiger partial charge in [-0.2, -0.15) is 0 Å². The van der Waals surface area contributed by atoms with Crippen LogP contribution in [-0.4, -0.2) is 9.38 Å². The van der Waals surface area contributed by atoms with Crippen molar-refractivity contribution in [1.29, 1.82) is 0 Å². The Morgan fingerprint density at radius 3 is 1.58 bits per heavy atom. The van der Waals surface area contributed by atoms with Crippen molar-refractivity contribution in [1.82, 2.24) is 9.38 Å². The van der Waals surface area contributed by atoms with Crippen molar-refractivity contribution in [3.8, 4) is 22.3 Å². The lowest BCUT2D eigenvalue weighted by molar-refractivity contribution is 0.592. The summed E-state index contributed by atoms with van der Waals surface area (Å²) >= 11 is 0. The van der Waals surface area contributed by atoms with Crippen LogP contribution in [0.4, 0.5) is 0 Å². The van der Waals surface area contributed by atoms with E-state index in [1.165, 1.54) is 33.0 Å². The zero-order valence-electron chi connectivity index (χ0n) is 32.6. The highest BCUT2D eigenvalue weighted by Gasteiger charge is 2.47. The third-order valence-electron chi connectivity index (χ3n) is 12.7. The van der Waals surface area contributed by atoms with E-state index in [1.54, 1.807) is 0 Å². The quantitative estimate of drug-likeness (QED) is 0.124. The lowest BCUT2D eigenvalue weighted by Gasteiger charge is -2.34. The molecule has 1 aliphatic carbocycles. The number of nitrogens with zero attached hydrogens (tertiary/aromatic N) is 2. The smallest absolute Gasteiger partial charge is 0.171 e. The van der Waals surface area contributed by atoms with Gasteiger partial charge in [0.2, 0.25) is 0 Å². The number of hydrogen-bond donors (Lipinski definition) is 0. The number of para-hydroxylation sites is 2. The first-order valence-corrected chi connectivity index (χ1v) is 22.2. The Labute approximate surface area is 348 Å². The monoisotopic (exact) mass is 784 g/mol. The summed E-state index contributed by atoms with van der Waals surface area (Å²) in [7, 11) is -3.28. The van der Waals surface area contributed by atoms with Gasteiger partial charge >= 0.3 is 0 Å². The maximum Gasteiger partial charge on any atom is 0.171 e. The maximum absolute atomic E-state index is 15.9. The van der Waals surface area contributed by atoms with Crippen LogP contribution >= 0.6 is 7.14 Å². The molecule has 4 heteroatoms. The fourth-order valence-electron chi connectivity index (χ4n) is 10.1. The minimum atomic E-state index is -3.28. The third-order valence-corrected chi connectivity index (χ3v) is 15.8. The zero-order valence-corrected chi connectivity index (χ0v) is 33.5. The van der Waals surface area contributed by atoms with Crippen molar-refractivity contribution in [3.05, 3.63) is 247 Å². The van der Waals surface area contributed by atoms with Crippen molar-refractivity contribution >= 4 is 61.4 Å². The summed E-state index contributed by atoms with van der Waals surface area (Å²) in [6.07, 6.45) is 0. The van der Waals surface area contributed by atoms with Crippen molar-refractivity contribution < 1.29 is 4.57 Å². The molecule has 0 fully saturated rings. The summed E-state index contributed by atoms with van der Waals surface area (Å²) in [5.74, 6) is 0. The Kier molecular flexibility index (Phi) is 7.73. The zero-order chi connectivity index (χ0) is 39.8. The number of aromatic nitrogens is 2. The fourth-order valence-corrected chi connectivity index (χ4v) is 12.7. The van der Waals surface area contributed by atoms with Crippen LogP contribution in [0.5, 0.6) is 0 Å². The second-order valence-corrected chi connectivity index (χ2v) is 18.6. The highest BCUT2D eigenvalue weighted by atomic mass is 31.2.